The molecule has 0 saturated carbocycles. The van der Waals surface area contributed by atoms with Crippen molar-refractivity contribution in [2.75, 3.05) is 25.1 Å². The molecule has 0 bridgehead atoms. The van der Waals surface area contributed by atoms with Crippen LogP contribution in [0.4, 0.5) is 0 Å². The third kappa shape index (κ3) is 5.66. The molecule has 0 aromatic carbocycles. The Hall–Kier alpha value is -1.28. The second kappa shape index (κ2) is 11.2. The van der Waals surface area contributed by atoms with E-state index >= 15 is 0 Å². The number of hydrogen-bond donors (Lipinski definition) is 3. The van der Waals surface area contributed by atoms with Crippen LogP contribution in [0.1, 0.15) is 51.9 Å². The fourth-order valence-electron chi connectivity index (χ4n) is 4.21. The Morgan fingerprint density at radius 3 is 2.90 bits per heavy atom. The fraction of sp³-hybridized carbons (Fsp3) is 0.609. The number of halogens is 1. The standard InChI is InChI=1S/C23H38IN5/c1-4-9-18-16-20(26-3)13-15-29-23(18)28-22(24(29)2)12-7-8-14-27-21-11-6-5-10-19(21)17-25/h4,9,13,15-16,18,22,26-27H,5-8,10-12,14,17,25H2,1-3H3/b9-4-/t18-,22+/m0/s1. The van der Waals surface area contributed by atoms with Crippen LogP contribution in [0.3, 0.4) is 0 Å². The molecule has 0 saturated heterocycles. The van der Waals surface area contributed by atoms with Gasteiger partial charge in [0.25, 0.3) is 0 Å². The predicted octanol–water partition coefficient (Wildman–Crippen LogP) is 4.45. The van der Waals surface area contributed by atoms with Crippen molar-refractivity contribution in [3.05, 3.63) is 47.5 Å². The first-order chi connectivity index (χ1) is 14.2. The van der Waals surface area contributed by atoms with E-state index in [0.29, 0.717) is 10.6 Å². The topological polar surface area (TPSA) is 65.7 Å². The first-order valence-electron chi connectivity index (χ1n) is 11.0. The number of nitrogens with one attached hydrogen (secondary N) is 2. The number of hydrogen-bond acceptors (Lipinski definition) is 5. The molecule has 0 unspecified atom stereocenters. The second-order valence-corrected chi connectivity index (χ2v) is 13.1. The van der Waals surface area contributed by atoms with Crippen molar-refractivity contribution >= 4 is 25.9 Å². The van der Waals surface area contributed by atoms with Crippen molar-refractivity contribution in [2.24, 2.45) is 16.6 Å². The Bertz CT molecular complexity index is 706. The van der Waals surface area contributed by atoms with Gasteiger partial charge in [0.1, 0.15) is 0 Å². The van der Waals surface area contributed by atoms with Gasteiger partial charge < -0.3 is 0 Å². The summed E-state index contributed by atoms with van der Waals surface area (Å²) in [6, 6.07) is 0. The van der Waals surface area contributed by atoms with Crippen LogP contribution in [0, 0.1) is 5.92 Å². The van der Waals surface area contributed by atoms with Crippen molar-refractivity contribution in [2.45, 2.75) is 55.9 Å². The van der Waals surface area contributed by atoms with Crippen molar-refractivity contribution in [1.82, 2.24) is 13.7 Å². The van der Waals surface area contributed by atoms with Crippen molar-refractivity contribution in [3.63, 3.8) is 0 Å². The van der Waals surface area contributed by atoms with E-state index in [0.717, 1.165) is 6.54 Å². The quantitative estimate of drug-likeness (QED) is 0.107. The normalized spacial score (nSPS) is 25.8. The molecule has 2 atom stereocenters. The van der Waals surface area contributed by atoms with E-state index in [4.69, 9.17) is 10.7 Å². The summed E-state index contributed by atoms with van der Waals surface area (Å²) < 4.78 is 3.06. The van der Waals surface area contributed by atoms with E-state index in [2.05, 4.69) is 56.1 Å². The van der Waals surface area contributed by atoms with Crippen LogP contribution in [0.5, 0.6) is 0 Å². The van der Waals surface area contributed by atoms with Crippen molar-refractivity contribution in [1.29, 1.82) is 0 Å². The average Bonchev–Trinajstić information content (AvgIpc) is 2.94. The molecule has 29 heavy (non-hydrogen) atoms. The summed E-state index contributed by atoms with van der Waals surface area (Å²) in [6.45, 7) is 3.88. The summed E-state index contributed by atoms with van der Waals surface area (Å²) in [5.74, 6) is 1.53. The monoisotopic (exact) mass is 511 g/mol. The van der Waals surface area contributed by atoms with Gasteiger partial charge in [-0.25, -0.2) is 0 Å². The van der Waals surface area contributed by atoms with Gasteiger partial charge in [0, 0.05) is 0 Å². The Kier molecular flexibility index (Phi) is 8.66. The molecule has 0 aromatic rings. The van der Waals surface area contributed by atoms with Crippen molar-refractivity contribution in [3.8, 4) is 0 Å². The molecular formula is C23H38IN5. The molecule has 0 radical (unpaired) electrons. The molecule has 0 amide bonds. The van der Waals surface area contributed by atoms with Crippen LogP contribution in [-0.4, -0.2) is 38.1 Å². The fourth-order valence-corrected chi connectivity index (χ4v) is 8.83. The number of amidine groups is 1. The van der Waals surface area contributed by atoms with E-state index in [1.54, 1.807) is 0 Å². The van der Waals surface area contributed by atoms with Gasteiger partial charge in [-0.2, -0.15) is 0 Å². The van der Waals surface area contributed by atoms with E-state index in [1.165, 1.54) is 67.7 Å². The number of fused-ring (bicyclic) bond motifs is 1. The average molecular weight is 511 g/mol. The van der Waals surface area contributed by atoms with Crippen molar-refractivity contribution < 1.29 is 0 Å². The van der Waals surface area contributed by atoms with Gasteiger partial charge in [0.05, 0.1) is 0 Å². The molecule has 3 rings (SSSR count). The van der Waals surface area contributed by atoms with Gasteiger partial charge in [-0.15, -0.1) is 0 Å². The maximum atomic E-state index is 5.91. The molecule has 4 N–H and O–H groups in total. The van der Waals surface area contributed by atoms with E-state index < -0.39 is 20.1 Å². The number of nitrogens with zero attached hydrogens (tertiary/aromatic N) is 2. The summed E-state index contributed by atoms with van der Waals surface area (Å²) in [4.78, 5) is 7.69. The first-order valence-corrected chi connectivity index (χ1v) is 15.4. The van der Waals surface area contributed by atoms with Gasteiger partial charge in [-0.05, 0) is 0 Å². The molecule has 6 heteroatoms. The third-order valence-corrected chi connectivity index (χ3v) is 11.3. The molecule has 0 spiro atoms. The number of alkyl halides is 2. The van der Waals surface area contributed by atoms with Crippen LogP contribution >= 0.6 is 20.1 Å². The summed E-state index contributed by atoms with van der Waals surface area (Å²) in [5.41, 5.74) is 9.96. The van der Waals surface area contributed by atoms with Crippen LogP contribution in [-0.2, 0) is 0 Å². The third-order valence-electron chi connectivity index (χ3n) is 5.91. The number of nitrogens with two attached hydrogens (primary N) is 1. The van der Waals surface area contributed by atoms with Crippen LogP contribution in [0.15, 0.2) is 52.5 Å². The minimum absolute atomic E-state index is 0.275. The summed E-state index contributed by atoms with van der Waals surface area (Å²) in [5, 5.41) is 6.97. The summed E-state index contributed by atoms with van der Waals surface area (Å²) in [7, 11) is 1.99. The minimum atomic E-state index is -1.32. The molecule has 0 aromatic heterocycles. The van der Waals surface area contributed by atoms with E-state index in [9.17, 15) is 0 Å². The van der Waals surface area contributed by atoms with Gasteiger partial charge in [0.2, 0.25) is 0 Å². The van der Waals surface area contributed by atoms with Gasteiger partial charge in [-0.1, -0.05) is 0 Å². The molecular weight excluding hydrogens is 473 g/mol. The zero-order chi connectivity index (χ0) is 20.6. The van der Waals surface area contributed by atoms with Gasteiger partial charge in [0.15, 0.2) is 0 Å². The first kappa shape index (κ1) is 22.4. The Morgan fingerprint density at radius 2 is 2.14 bits per heavy atom. The SMILES string of the molecule is C/C=C\[C@H]1C=C(NC)C=CN2C1=N[C@H](CCCCNC1=C(CN)CCCC1)I2C. The summed E-state index contributed by atoms with van der Waals surface area (Å²) in [6.07, 6.45) is 19.8. The Labute approximate surface area is 184 Å². The Balaban J connectivity index is 1.53. The zero-order valence-corrected chi connectivity index (χ0v) is 20.4. The molecule has 0 fully saturated rings. The number of unbranched alkanes of at least 4 members (excludes halogenated alkanes) is 1. The number of rotatable bonds is 9. The van der Waals surface area contributed by atoms with Gasteiger partial charge in [-0.3, -0.25) is 0 Å². The predicted molar refractivity (Wildman–Crippen MR) is 134 cm³/mol. The number of aliphatic imine (C=N–C) groups is 1. The molecule has 2 heterocycles. The number of allylic oxidation sites excluding steroid dienone is 3. The zero-order valence-electron chi connectivity index (χ0n) is 18.3. The molecule has 2 aliphatic heterocycles. The van der Waals surface area contributed by atoms with Crippen LogP contribution < -0.4 is 16.4 Å². The molecule has 3 aliphatic rings. The Morgan fingerprint density at radius 1 is 1.31 bits per heavy atom. The maximum absolute atomic E-state index is 5.91. The van der Waals surface area contributed by atoms with Crippen LogP contribution in [0.25, 0.3) is 0 Å². The molecule has 162 valence electrons. The second-order valence-electron chi connectivity index (χ2n) is 7.87. The molecule has 1 aliphatic carbocycles. The number of likely N-dealkylation sites (N-methyl/N-ethyl adjacent to an activating group) is 1. The van der Waals surface area contributed by atoms with E-state index in [-0.39, 0.29) is 5.92 Å². The van der Waals surface area contributed by atoms with Crippen LogP contribution in [0.2, 0.25) is 0 Å². The van der Waals surface area contributed by atoms with Gasteiger partial charge >= 0.3 is 185 Å². The van der Waals surface area contributed by atoms with E-state index in [1.807, 2.05) is 7.05 Å². The summed E-state index contributed by atoms with van der Waals surface area (Å²) >= 11 is -1.32. The molecule has 5 nitrogen and oxygen atoms in total.